The van der Waals surface area contributed by atoms with Crippen LogP contribution in [0.3, 0.4) is 0 Å². The fraction of sp³-hybridized carbons (Fsp3) is 0.474. The molecule has 0 aliphatic heterocycles. The summed E-state index contributed by atoms with van der Waals surface area (Å²) in [6, 6.07) is 5.38. The van der Waals surface area contributed by atoms with Gasteiger partial charge in [-0.1, -0.05) is 12.1 Å². The van der Waals surface area contributed by atoms with Crippen LogP contribution >= 0.6 is 0 Å². The third kappa shape index (κ3) is 5.79. The molecule has 3 N–H and O–H groups in total. The van der Waals surface area contributed by atoms with Crippen molar-refractivity contribution in [2.24, 2.45) is 5.73 Å². The van der Waals surface area contributed by atoms with Gasteiger partial charge in [0.2, 0.25) is 0 Å². The molecule has 0 saturated heterocycles. The van der Waals surface area contributed by atoms with Gasteiger partial charge in [0, 0.05) is 19.7 Å². The Morgan fingerprint density at radius 1 is 1.32 bits per heavy atom. The number of amides is 1. The number of rotatable bonds is 6. The van der Waals surface area contributed by atoms with Gasteiger partial charge in [0.15, 0.2) is 0 Å². The highest BCUT2D eigenvalue weighted by Crippen LogP contribution is 2.27. The monoisotopic (exact) mass is 401 g/mol. The number of nitrogens with one attached hydrogen (secondary N) is 1. The number of alkyl halides is 3. The van der Waals surface area contributed by atoms with Crippen LogP contribution in [0.4, 0.5) is 17.6 Å². The van der Waals surface area contributed by atoms with Gasteiger partial charge in [-0.05, 0) is 49.5 Å². The van der Waals surface area contributed by atoms with E-state index in [0.29, 0.717) is 37.3 Å². The first kappa shape index (κ1) is 21.9. The molecule has 0 bridgehead atoms. The summed E-state index contributed by atoms with van der Waals surface area (Å²) in [5.74, 6) is -1.28. The van der Waals surface area contributed by atoms with Crippen LogP contribution in [0.5, 0.6) is 0 Å². The van der Waals surface area contributed by atoms with Crippen LogP contribution in [0, 0.1) is 11.2 Å². The maximum atomic E-state index is 13.5. The summed E-state index contributed by atoms with van der Waals surface area (Å²) in [7, 11) is 1.60. The number of ether oxygens (including phenoxy) is 1. The van der Waals surface area contributed by atoms with Crippen molar-refractivity contribution in [1.82, 2.24) is 4.90 Å². The minimum atomic E-state index is -4.89. The Morgan fingerprint density at radius 3 is 2.50 bits per heavy atom. The van der Waals surface area contributed by atoms with Gasteiger partial charge in [-0.3, -0.25) is 10.2 Å². The van der Waals surface area contributed by atoms with Gasteiger partial charge in [-0.25, -0.2) is 4.39 Å². The summed E-state index contributed by atoms with van der Waals surface area (Å²) in [6.07, 6.45) is -1.95. The van der Waals surface area contributed by atoms with Gasteiger partial charge in [-0.2, -0.15) is 13.2 Å². The first-order chi connectivity index (χ1) is 13.1. The molecule has 1 amide bonds. The van der Waals surface area contributed by atoms with E-state index in [-0.39, 0.29) is 18.7 Å². The molecular formula is C19H23F4N3O2. The molecule has 1 aliphatic carbocycles. The largest absolute Gasteiger partial charge is 0.432 e. The molecule has 1 saturated carbocycles. The fourth-order valence-corrected chi connectivity index (χ4v) is 3.26. The highest BCUT2D eigenvalue weighted by atomic mass is 19.4. The van der Waals surface area contributed by atoms with Crippen LogP contribution < -0.4 is 5.73 Å². The third-order valence-corrected chi connectivity index (χ3v) is 4.77. The molecule has 1 aliphatic rings. The van der Waals surface area contributed by atoms with E-state index in [0.717, 1.165) is 0 Å². The Hall–Kier alpha value is -2.42. The first-order valence-electron chi connectivity index (χ1n) is 8.83. The van der Waals surface area contributed by atoms with Gasteiger partial charge in [0.25, 0.3) is 5.91 Å². The van der Waals surface area contributed by atoms with Crippen molar-refractivity contribution in [3.8, 4) is 0 Å². The number of hydrogen-bond acceptors (Lipinski definition) is 4. The number of nitrogens with two attached hydrogens (primary N) is 1. The van der Waals surface area contributed by atoms with Crippen LogP contribution in [0.2, 0.25) is 0 Å². The average molecular weight is 401 g/mol. The summed E-state index contributed by atoms with van der Waals surface area (Å²) in [5.41, 5.74) is 3.72. The number of methoxy groups -OCH3 is 1. The zero-order valence-corrected chi connectivity index (χ0v) is 15.4. The molecule has 0 atom stereocenters. The van der Waals surface area contributed by atoms with E-state index in [1.807, 2.05) is 0 Å². The lowest BCUT2D eigenvalue weighted by Crippen LogP contribution is -2.44. The number of nitrogens with zero attached hydrogens (tertiary/aromatic N) is 1. The Balaban J connectivity index is 2.25. The van der Waals surface area contributed by atoms with E-state index in [1.54, 1.807) is 13.2 Å². The van der Waals surface area contributed by atoms with Crippen molar-refractivity contribution in [2.45, 2.75) is 50.6 Å². The maximum Gasteiger partial charge on any atom is 0.432 e. The molecule has 154 valence electrons. The quantitative estimate of drug-likeness (QED) is 0.435. The zero-order chi connectivity index (χ0) is 20.9. The van der Waals surface area contributed by atoms with Crippen LogP contribution in [0.25, 0.3) is 0 Å². The minimum Gasteiger partial charge on any atom is -0.394 e. The van der Waals surface area contributed by atoms with Crippen LogP contribution in [0.15, 0.2) is 36.0 Å². The van der Waals surface area contributed by atoms with Crippen molar-refractivity contribution >= 4 is 11.6 Å². The predicted molar refractivity (Wildman–Crippen MR) is 96.1 cm³/mol. The van der Waals surface area contributed by atoms with Crippen molar-refractivity contribution in [2.75, 3.05) is 7.11 Å². The number of halogens is 4. The smallest absolute Gasteiger partial charge is 0.394 e. The fourth-order valence-electron chi connectivity index (χ4n) is 3.26. The maximum absolute atomic E-state index is 13.5. The van der Waals surface area contributed by atoms with Crippen molar-refractivity contribution in [3.63, 3.8) is 0 Å². The van der Waals surface area contributed by atoms with Crippen LogP contribution in [-0.4, -0.2) is 42.0 Å². The molecule has 0 unspecified atom stereocenters. The molecule has 0 heterocycles. The first-order valence-corrected chi connectivity index (χ1v) is 8.83. The standard InChI is InChI=1S/C19H23F4N3O2/c1-28-15-7-5-14(6-8-15)26(11-12-3-2-4-13(20)9-12)18(27)16(24)10-17(25)19(21,22)23/h2-4,9-10,14-15,25H,5-8,11,24H2,1H3/b16-10-,25-17?. The molecule has 5 nitrogen and oxygen atoms in total. The van der Waals surface area contributed by atoms with Gasteiger partial charge in [-0.15, -0.1) is 0 Å². The van der Waals surface area contributed by atoms with E-state index in [4.69, 9.17) is 15.9 Å². The number of hydrogen-bond donors (Lipinski definition) is 2. The highest BCUT2D eigenvalue weighted by molar-refractivity contribution is 6.04. The third-order valence-electron chi connectivity index (χ3n) is 4.77. The van der Waals surface area contributed by atoms with E-state index in [1.165, 1.54) is 23.1 Å². The van der Waals surface area contributed by atoms with E-state index in [9.17, 15) is 22.4 Å². The second-order valence-corrected chi connectivity index (χ2v) is 6.74. The molecular weight excluding hydrogens is 378 g/mol. The molecule has 9 heteroatoms. The summed E-state index contributed by atoms with van der Waals surface area (Å²) in [5, 5.41) is 7.03. The molecule has 1 aromatic rings. The Labute approximate surface area is 160 Å². The number of carbonyl (C=O) groups is 1. The van der Waals surface area contributed by atoms with Gasteiger partial charge >= 0.3 is 6.18 Å². The zero-order valence-electron chi connectivity index (χ0n) is 15.4. The van der Waals surface area contributed by atoms with E-state index >= 15 is 0 Å². The Kier molecular flexibility index (Phi) is 7.17. The molecule has 0 aromatic heterocycles. The van der Waals surface area contributed by atoms with E-state index in [2.05, 4.69) is 0 Å². The van der Waals surface area contributed by atoms with Gasteiger partial charge in [0.05, 0.1) is 11.8 Å². The lowest BCUT2D eigenvalue weighted by atomic mass is 9.91. The van der Waals surface area contributed by atoms with Crippen LogP contribution in [-0.2, 0) is 16.1 Å². The molecule has 1 aromatic carbocycles. The summed E-state index contributed by atoms with van der Waals surface area (Å²) in [4.78, 5) is 14.1. The SMILES string of the molecule is COC1CCC(N(Cc2cccc(F)c2)C(=O)/C(N)=C/C(=N)C(F)(F)F)CC1. The number of benzene rings is 1. The Morgan fingerprint density at radius 2 is 1.96 bits per heavy atom. The minimum absolute atomic E-state index is 0.00675. The molecule has 0 spiro atoms. The molecule has 2 rings (SSSR count). The topological polar surface area (TPSA) is 79.4 Å². The lowest BCUT2D eigenvalue weighted by molar-refractivity contribution is -0.131. The molecule has 1 fully saturated rings. The highest BCUT2D eigenvalue weighted by Gasteiger charge is 2.35. The Bertz CT molecular complexity index is 741. The number of allylic oxidation sites excluding steroid dienone is 1. The summed E-state index contributed by atoms with van der Waals surface area (Å²) >= 11 is 0. The van der Waals surface area contributed by atoms with Crippen molar-refractivity contribution in [3.05, 3.63) is 47.4 Å². The average Bonchev–Trinajstić information content (AvgIpc) is 2.65. The number of carbonyl (C=O) groups excluding carboxylic acids is 1. The molecule has 28 heavy (non-hydrogen) atoms. The lowest BCUT2D eigenvalue weighted by Gasteiger charge is -2.36. The van der Waals surface area contributed by atoms with Crippen molar-refractivity contribution < 1.29 is 27.1 Å². The van der Waals surface area contributed by atoms with E-state index < -0.39 is 29.3 Å². The van der Waals surface area contributed by atoms with Crippen molar-refractivity contribution in [1.29, 1.82) is 5.41 Å². The summed E-state index contributed by atoms with van der Waals surface area (Å²) < 4.78 is 56.6. The second kappa shape index (κ2) is 9.18. The van der Waals surface area contributed by atoms with Gasteiger partial charge < -0.3 is 15.4 Å². The normalized spacial score (nSPS) is 20.7. The van der Waals surface area contributed by atoms with Gasteiger partial charge in [0.1, 0.15) is 11.5 Å². The second-order valence-electron chi connectivity index (χ2n) is 6.74. The van der Waals surface area contributed by atoms with Crippen LogP contribution in [0.1, 0.15) is 31.2 Å². The summed E-state index contributed by atoms with van der Waals surface area (Å²) in [6.45, 7) is 0.00675. The predicted octanol–water partition coefficient (Wildman–Crippen LogP) is 3.54. The molecule has 0 radical (unpaired) electrons.